The molecule has 5 rings (SSSR count). The molecule has 2 aromatic heterocycles. The van der Waals surface area contributed by atoms with Gasteiger partial charge in [0.25, 0.3) is 5.91 Å². The molecule has 0 radical (unpaired) electrons. The fraction of sp³-hybridized carbons (Fsp3) is 0.0769. The number of carbonyl (C=O) groups is 1. The molecule has 1 amide bonds. The van der Waals surface area contributed by atoms with Crippen LogP contribution in [0.25, 0.3) is 16.9 Å². The first kappa shape index (κ1) is 20.4. The number of hydrogen-bond acceptors (Lipinski definition) is 4. The van der Waals surface area contributed by atoms with E-state index in [2.05, 4.69) is 28.4 Å². The summed E-state index contributed by atoms with van der Waals surface area (Å²) in [6.07, 6.45) is 3.09. The Bertz CT molecular complexity index is 1370. The van der Waals surface area contributed by atoms with E-state index in [0.29, 0.717) is 17.9 Å². The number of hydrogen-bond donors (Lipinski definition) is 1. The van der Waals surface area contributed by atoms with E-state index in [1.165, 1.54) is 6.33 Å². The van der Waals surface area contributed by atoms with E-state index in [0.717, 1.165) is 28.1 Å². The van der Waals surface area contributed by atoms with Crippen LogP contribution in [0.3, 0.4) is 0 Å². The van der Waals surface area contributed by atoms with E-state index in [9.17, 15) is 4.79 Å². The van der Waals surface area contributed by atoms with Gasteiger partial charge in [0.05, 0.1) is 17.9 Å². The number of aromatic nitrogens is 5. The highest BCUT2D eigenvalue weighted by molar-refractivity contribution is 6.04. The number of benzene rings is 3. The quantitative estimate of drug-likeness (QED) is 0.419. The van der Waals surface area contributed by atoms with Gasteiger partial charge >= 0.3 is 0 Å². The van der Waals surface area contributed by atoms with Gasteiger partial charge in [-0.2, -0.15) is 10.2 Å². The summed E-state index contributed by atoms with van der Waals surface area (Å²) in [6, 6.07) is 27.3. The zero-order chi connectivity index (χ0) is 22.6. The monoisotopic (exact) mass is 434 g/mol. The van der Waals surface area contributed by atoms with Gasteiger partial charge in [0, 0.05) is 17.2 Å². The van der Waals surface area contributed by atoms with Crippen LogP contribution in [0.15, 0.2) is 97.6 Å². The molecule has 162 valence electrons. The van der Waals surface area contributed by atoms with Gasteiger partial charge in [-0.05, 0) is 42.3 Å². The normalized spacial score (nSPS) is 10.8. The van der Waals surface area contributed by atoms with Crippen molar-refractivity contribution in [1.82, 2.24) is 24.5 Å². The number of carbonyl (C=O) groups excluding carboxylic acids is 1. The maximum atomic E-state index is 13.0. The predicted octanol–water partition coefficient (Wildman–Crippen LogP) is 4.74. The first-order valence-electron chi connectivity index (χ1n) is 10.6. The summed E-state index contributed by atoms with van der Waals surface area (Å²) in [5.74, 6) is 0.438. The Balaban J connectivity index is 1.44. The van der Waals surface area contributed by atoms with Crippen molar-refractivity contribution in [3.05, 3.63) is 114 Å². The molecule has 0 bridgehead atoms. The van der Waals surface area contributed by atoms with Crippen LogP contribution >= 0.6 is 0 Å². The third kappa shape index (κ3) is 4.43. The van der Waals surface area contributed by atoms with Crippen LogP contribution in [0.5, 0.6) is 0 Å². The maximum Gasteiger partial charge on any atom is 0.256 e. The van der Waals surface area contributed by atoms with Crippen molar-refractivity contribution in [3.63, 3.8) is 0 Å². The molecule has 0 atom stereocenters. The Kier molecular flexibility index (Phi) is 5.51. The minimum Gasteiger partial charge on any atom is -0.307 e. The molecule has 0 aliphatic rings. The topological polar surface area (TPSA) is 77.6 Å². The van der Waals surface area contributed by atoms with E-state index in [1.54, 1.807) is 23.1 Å². The third-order valence-corrected chi connectivity index (χ3v) is 5.43. The fourth-order valence-corrected chi connectivity index (χ4v) is 3.68. The highest BCUT2D eigenvalue weighted by atomic mass is 16.1. The molecular formula is C26H22N6O. The minimum absolute atomic E-state index is 0.203. The second-order valence-electron chi connectivity index (χ2n) is 7.71. The molecule has 5 aromatic rings. The number of aryl methyl sites for hydroxylation is 1. The molecule has 3 aromatic carbocycles. The lowest BCUT2D eigenvalue weighted by Crippen LogP contribution is -2.16. The van der Waals surface area contributed by atoms with Gasteiger partial charge in [-0.1, -0.05) is 54.6 Å². The molecule has 0 aliphatic heterocycles. The Morgan fingerprint density at radius 1 is 0.939 bits per heavy atom. The summed E-state index contributed by atoms with van der Waals surface area (Å²) in [6.45, 7) is 2.61. The lowest BCUT2D eigenvalue weighted by Gasteiger charge is -2.09. The fourth-order valence-electron chi connectivity index (χ4n) is 3.68. The molecule has 0 fully saturated rings. The van der Waals surface area contributed by atoms with Gasteiger partial charge in [-0.3, -0.25) is 4.79 Å². The van der Waals surface area contributed by atoms with E-state index < -0.39 is 0 Å². The maximum absolute atomic E-state index is 13.0. The molecule has 33 heavy (non-hydrogen) atoms. The Labute approximate surface area is 191 Å². The van der Waals surface area contributed by atoms with Gasteiger partial charge in [0.2, 0.25) is 0 Å². The Morgan fingerprint density at radius 3 is 2.42 bits per heavy atom. The number of nitrogens with zero attached hydrogens (tertiary/aromatic N) is 5. The summed E-state index contributed by atoms with van der Waals surface area (Å²) in [5.41, 5.74) is 5.47. The predicted molar refractivity (Wildman–Crippen MR) is 127 cm³/mol. The summed E-state index contributed by atoms with van der Waals surface area (Å²) in [5, 5.41) is 12.0. The Morgan fingerprint density at radius 2 is 1.70 bits per heavy atom. The first-order valence-corrected chi connectivity index (χ1v) is 10.6. The number of rotatable bonds is 6. The summed E-state index contributed by atoms with van der Waals surface area (Å²) < 4.78 is 3.48. The minimum atomic E-state index is -0.203. The summed E-state index contributed by atoms with van der Waals surface area (Å²) in [4.78, 5) is 17.0. The smallest absolute Gasteiger partial charge is 0.256 e. The van der Waals surface area contributed by atoms with Crippen molar-refractivity contribution in [2.24, 2.45) is 0 Å². The van der Waals surface area contributed by atoms with Gasteiger partial charge in [-0.15, -0.1) is 0 Å². The first-order chi connectivity index (χ1) is 16.2. The molecule has 0 spiro atoms. The van der Waals surface area contributed by atoms with Crippen molar-refractivity contribution in [3.8, 4) is 16.9 Å². The number of amides is 1. The van der Waals surface area contributed by atoms with Crippen molar-refractivity contribution in [1.29, 1.82) is 0 Å². The van der Waals surface area contributed by atoms with Crippen molar-refractivity contribution in [2.75, 3.05) is 5.32 Å². The summed E-state index contributed by atoms with van der Waals surface area (Å²) >= 11 is 0. The number of nitrogens with one attached hydrogen (secondary N) is 1. The second-order valence-corrected chi connectivity index (χ2v) is 7.71. The van der Waals surface area contributed by atoms with E-state index >= 15 is 0 Å². The molecule has 2 heterocycles. The molecular weight excluding hydrogens is 412 g/mol. The van der Waals surface area contributed by atoms with E-state index in [-0.39, 0.29) is 5.91 Å². The van der Waals surface area contributed by atoms with E-state index in [1.807, 2.05) is 71.4 Å². The summed E-state index contributed by atoms with van der Waals surface area (Å²) in [7, 11) is 0. The average Bonchev–Trinajstić information content (AvgIpc) is 3.51. The highest BCUT2D eigenvalue weighted by Gasteiger charge is 2.15. The number of anilines is 1. The van der Waals surface area contributed by atoms with Crippen molar-refractivity contribution in [2.45, 2.75) is 13.5 Å². The van der Waals surface area contributed by atoms with Gasteiger partial charge < -0.3 is 5.32 Å². The van der Waals surface area contributed by atoms with Gasteiger partial charge in [-0.25, -0.2) is 14.3 Å². The zero-order valence-electron chi connectivity index (χ0n) is 18.1. The second kappa shape index (κ2) is 8.92. The standard InChI is InChI=1S/C26H22N6O/c1-19-7-5-6-10-23(19)24-15-25(31(30-24)16-20-8-3-2-4-9-20)29-26(33)21-11-13-22(14-12-21)32-18-27-17-28-32/h2-15,17-18H,16H2,1H3,(H,29,33). The highest BCUT2D eigenvalue weighted by Crippen LogP contribution is 2.26. The zero-order valence-corrected chi connectivity index (χ0v) is 18.1. The molecule has 7 nitrogen and oxygen atoms in total. The van der Waals surface area contributed by atoms with Crippen LogP contribution in [-0.2, 0) is 6.54 Å². The third-order valence-electron chi connectivity index (χ3n) is 5.43. The molecule has 0 saturated heterocycles. The van der Waals surface area contributed by atoms with Gasteiger partial charge in [0.15, 0.2) is 0 Å². The molecule has 0 saturated carbocycles. The van der Waals surface area contributed by atoms with Crippen LogP contribution in [0, 0.1) is 6.92 Å². The lowest BCUT2D eigenvalue weighted by molar-refractivity contribution is 0.102. The van der Waals surface area contributed by atoms with Gasteiger partial charge in [0.1, 0.15) is 18.5 Å². The molecule has 0 unspecified atom stereocenters. The lowest BCUT2D eigenvalue weighted by atomic mass is 10.1. The molecule has 7 heteroatoms. The molecule has 0 aliphatic carbocycles. The molecule has 1 N–H and O–H groups in total. The van der Waals surface area contributed by atoms with Crippen LogP contribution in [0.4, 0.5) is 5.82 Å². The van der Waals surface area contributed by atoms with Crippen LogP contribution in [0.1, 0.15) is 21.5 Å². The van der Waals surface area contributed by atoms with Crippen LogP contribution in [-0.4, -0.2) is 30.5 Å². The van der Waals surface area contributed by atoms with E-state index in [4.69, 9.17) is 5.10 Å². The Hall–Kier alpha value is -4.52. The van der Waals surface area contributed by atoms with Crippen molar-refractivity contribution < 1.29 is 4.79 Å². The largest absolute Gasteiger partial charge is 0.307 e. The average molecular weight is 435 g/mol. The van der Waals surface area contributed by atoms with Crippen LogP contribution in [0.2, 0.25) is 0 Å². The van der Waals surface area contributed by atoms with Crippen LogP contribution < -0.4 is 5.32 Å². The van der Waals surface area contributed by atoms with Crippen molar-refractivity contribution >= 4 is 11.7 Å². The SMILES string of the molecule is Cc1ccccc1-c1cc(NC(=O)c2ccc(-n3cncn3)cc2)n(Cc2ccccc2)n1.